The number of nitrogens with zero attached hydrogens (tertiary/aromatic N) is 1. The van der Waals surface area contributed by atoms with Gasteiger partial charge < -0.3 is 10.8 Å². The number of rotatable bonds is 9. The molecular formula is C13H30N2O. The Morgan fingerprint density at radius 1 is 1.25 bits per heavy atom. The fraction of sp³-hybridized carbons (Fsp3) is 1.00. The maximum absolute atomic E-state index is 9.49. The highest BCUT2D eigenvalue weighted by molar-refractivity contribution is 4.81. The highest BCUT2D eigenvalue weighted by atomic mass is 16.3. The molecule has 0 aliphatic carbocycles. The molecule has 3 atom stereocenters. The van der Waals surface area contributed by atoms with Crippen LogP contribution in [0.2, 0.25) is 0 Å². The van der Waals surface area contributed by atoms with Crippen molar-refractivity contribution in [3.63, 3.8) is 0 Å². The lowest BCUT2D eigenvalue weighted by molar-refractivity contribution is 0.0929. The van der Waals surface area contributed by atoms with Crippen molar-refractivity contribution >= 4 is 0 Å². The lowest BCUT2D eigenvalue weighted by atomic mass is 10.0. The first kappa shape index (κ1) is 15.9. The van der Waals surface area contributed by atoms with Gasteiger partial charge in [0, 0.05) is 18.6 Å². The second kappa shape index (κ2) is 8.97. The van der Waals surface area contributed by atoms with E-state index in [0.29, 0.717) is 5.92 Å². The van der Waals surface area contributed by atoms with E-state index in [-0.39, 0.29) is 18.7 Å². The Morgan fingerprint density at radius 3 is 2.25 bits per heavy atom. The number of aliphatic hydroxyl groups excluding tert-OH is 1. The van der Waals surface area contributed by atoms with Crippen LogP contribution in [0.5, 0.6) is 0 Å². The lowest BCUT2D eigenvalue weighted by Crippen LogP contribution is -2.51. The largest absolute Gasteiger partial charge is 0.395 e. The Bertz CT molecular complexity index is 164. The number of aliphatic hydroxyl groups is 1. The third-order valence-corrected chi connectivity index (χ3v) is 3.42. The summed E-state index contributed by atoms with van der Waals surface area (Å²) < 4.78 is 0. The molecule has 3 heteroatoms. The minimum Gasteiger partial charge on any atom is -0.395 e. The first-order valence-electron chi connectivity index (χ1n) is 6.71. The smallest absolute Gasteiger partial charge is 0.0601 e. The van der Waals surface area contributed by atoms with E-state index in [0.717, 1.165) is 25.9 Å². The molecule has 0 heterocycles. The van der Waals surface area contributed by atoms with Crippen LogP contribution in [0.4, 0.5) is 0 Å². The summed E-state index contributed by atoms with van der Waals surface area (Å²) >= 11 is 0. The van der Waals surface area contributed by atoms with Crippen molar-refractivity contribution < 1.29 is 5.11 Å². The zero-order valence-corrected chi connectivity index (χ0v) is 11.4. The van der Waals surface area contributed by atoms with E-state index in [1.165, 1.54) is 6.42 Å². The summed E-state index contributed by atoms with van der Waals surface area (Å²) in [5, 5.41) is 9.49. The van der Waals surface area contributed by atoms with Gasteiger partial charge in [0.15, 0.2) is 0 Å². The number of hydrogen-bond acceptors (Lipinski definition) is 3. The maximum Gasteiger partial charge on any atom is 0.0601 e. The molecule has 16 heavy (non-hydrogen) atoms. The molecule has 0 bridgehead atoms. The lowest BCUT2D eigenvalue weighted by Gasteiger charge is -2.35. The third kappa shape index (κ3) is 5.28. The summed E-state index contributed by atoms with van der Waals surface area (Å²) in [6.45, 7) is 10.9. The van der Waals surface area contributed by atoms with Gasteiger partial charge in [-0.25, -0.2) is 0 Å². The molecule has 0 saturated carbocycles. The molecule has 0 radical (unpaired) electrons. The number of hydrogen-bond donors (Lipinski definition) is 2. The van der Waals surface area contributed by atoms with E-state index in [4.69, 9.17) is 5.73 Å². The Balaban J connectivity index is 4.36. The van der Waals surface area contributed by atoms with Crippen LogP contribution >= 0.6 is 0 Å². The minimum absolute atomic E-state index is 0.0963. The van der Waals surface area contributed by atoms with Gasteiger partial charge in [-0.3, -0.25) is 4.90 Å². The molecule has 0 spiro atoms. The fourth-order valence-electron chi connectivity index (χ4n) is 2.08. The van der Waals surface area contributed by atoms with Crippen molar-refractivity contribution in [1.29, 1.82) is 0 Å². The maximum atomic E-state index is 9.49. The van der Waals surface area contributed by atoms with Gasteiger partial charge in [0.25, 0.3) is 0 Å². The van der Waals surface area contributed by atoms with E-state index in [9.17, 15) is 5.11 Å². The van der Waals surface area contributed by atoms with Crippen molar-refractivity contribution in [2.45, 2.75) is 59.0 Å². The molecule has 3 unspecified atom stereocenters. The SMILES string of the molecule is CCCC(N)C(CO)N(CC)CC(C)CC. The normalized spacial score (nSPS) is 17.4. The van der Waals surface area contributed by atoms with E-state index >= 15 is 0 Å². The van der Waals surface area contributed by atoms with Crippen molar-refractivity contribution in [2.24, 2.45) is 11.7 Å². The van der Waals surface area contributed by atoms with Gasteiger partial charge in [-0.1, -0.05) is 40.5 Å². The topological polar surface area (TPSA) is 49.5 Å². The third-order valence-electron chi connectivity index (χ3n) is 3.42. The molecule has 0 aliphatic heterocycles. The van der Waals surface area contributed by atoms with Crippen LogP contribution in [0.1, 0.15) is 47.0 Å². The van der Waals surface area contributed by atoms with E-state index in [2.05, 4.69) is 32.6 Å². The molecule has 3 nitrogen and oxygen atoms in total. The van der Waals surface area contributed by atoms with E-state index < -0.39 is 0 Å². The van der Waals surface area contributed by atoms with Crippen LogP contribution in [-0.2, 0) is 0 Å². The Morgan fingerprint density at radius 2 is 1.88 bits per heavy atom. The minimum atomic E-state index is 0.0963. The van der Waals surface area contributed by atoms with Crippen molar-refractivity contribution in [2.75, 3.05) is 19.7 Å². The van der Waals surface area contributed by atoms with Crippen molar-refractivity contribution in [1.82, 2.24) is 4.90 Å². The summed E-state index contributed by atoms with van der Waals surface area (Å²) in [7, 11) is 0. The predicted octanol–water partition coefficient (Wildman–Crippen LogP) is 1.84. The summed E-state index contributed by atoms with van der Waals surface area (Å²) in [6, 6.07) is 0.220. The highest BCUT2D eigenvalue weighted by Crippen LogP contribution is 2.12. The van der Waals surface area contributed by atoms with E-state index in [1.807, 2.05) is 0 Å². The van der Waals surface area contributed by atoms with Gasteiger partial charge in [-0.15, -0.1) is 0 Å². The summed E-state index contributed by atoms with van der Waals surface area (Å²) in [6.07, 6.45) is 3.25. The van der Waals surface area contributed by atoms with Crippen LogP contribution in [0.25, 0.3) is 0 Å². The molecule has 0 fully saturated rings. The van der Waals surface area contributed by atoms with Crippen molar-refractivity contribution in [3.8, 4) is 0 Å². The zero-order valence-electron chi connectivity index (χ0n) is 11.4. The highest BCUT2D eigenvalue weighted by Gasteiger charge is 2.23. The second-order valence-corrected chi connectivity index (χ2v) is 4.80. The first-order valence-corrected chi connectivity index (χ1v) is 6.71. The molecule has 0 saturated heterocycles. The first-order chi connectivity index (χ1) is 7.60. The molecule has 0 aromatic carbocycles. The van der Waals surface area contributed by atoms with Crippen molar-refractivity contribution in [3.05, 3.63) is 0 Å². The van der Waals surface area contributed by atoms with Crippen LogP contribution in [0, 0.1) is 5.92 Å². The second-order valence-electron chi connectivity index (χ2n) is 4.80. The predicted molar refractivity (Wildman–Crippen MR) is 70.5 cm³/mol. The summed E-state index contributed by atoms with van der Waals surface area (Å²) in [5.41, 5.74) is 6.13. The van der Waals surface area contributed by atoms with E-state index in [1.54, 1.807) is 0 Å². The molecule has 98 valence electrons. The Labute approximate surface area is 101 Å². The molecule has 0 aliphatic rings. The van der Waals surface area contributed by atoms with Crippen LogP contribution in [0.15, 0.2) is 0 Å². The Hall–Kier alpha value is -0.120. The average molecular weight is 230 g/mol. The zero-order chi connectivity index (χ0) is 12.6. The average Bonchev–Trinajstić information content (AvgIpc) is 2.28. The van der Waals surface area contributed by atoms with Crippen LogP contribution < -0.4 is 5.73 Å². The van der Waals surface area contributed by atoms with Crippen LogP contribution in [0.3, 0.4) is 0 Å². The molecule has 0 amide bonds. The van der Waals surface area contributed by atoms with Gasteiger partial charge in [0.2, 0.25) is 0 Å². The summed E-state index contributed by atoms with van der Waals surface area (Å²) in [5.74, 6) is 0.669. The van der Waals surface area contributed by atoms with Gasteiger partial charge in [0.05, 0.1) is 6.61 Å². The van der Waals surface area contributed by atoms with Crippen LogP contribution in [-0.4, -0.2) is 41.8 Å². The Kier molecular flexibility index (Phi) is 8.90. The monoisotopic (exact) mass is 230 g/mol. The van der Waals surface area contributed by atoms with Gasteiger partial charge in [0.1, 0.15) is 0 Å². The molecular weight excluding hydrogens is 200 g/mol. The molecule has 0 rings (SSSR count). The molecule has 0 aromatic heterocycles. The fourth-order valence-corrected chi connectivity index (χ4v) is 2.08. The summed E-state index contributed by atoms with van der Waals surface area (Å²) in [4.78, 5) is 2.33. The number of nitrogens with two attached hydrogens (primary N) is 1. The van der Waals surface area contributed by atoms with Gasteiger partial charge in [-0.2, -0.15) is 0 Å². The molecule has 0 aromatic rings. The van der Waals surface area contributed by atoms with Gasteiger partial charge in [-0.05, 0) is 18.9 Å². The molecule has 3 N–H and O–H groups in total. The van der Waals surface area contributed by atoms with Gasteiger partial charge >= 0.3 is 0 Å². The quantitative estimate of drug-likeness (QED) is 0.635. The number of likely N-dealkylation sites (N-methyl/N-ethyl adjacent to an activating group) is 1. The standard InChI is InChI=1S/C13H30N2O/c1-5-8-12(14)13(10-16)15(7-3)9-11(4)6-2/h11-13,16H,5-10,14H2,1-4H3.